The zero-order valence-corrected chi connectivity index (χ0v) is 14.6. The molecule has 124 valence electrons. The van der Waals surface area contributed by atoms with E-state index in [9.17, 15) is 10.2 Å². The first-order valence-corrected chi connectivity index (χ1v) is 9.30. The molecule has 0 bridgehead atoms. The summed E-state index contributed by atoms with van der Waals surface area (Å²) in [6, 6.07) is 0. The predicted octanol–water partition coefficient (Wildman–Crippen LogP) is 4.53. The molecule has 2 saturated carbocycles. The molecule has 2 heteroatoms. The summed E-state index contributed by atoms with van der Waals surface area (Å²) in [5, 5.41) is 22.4. The van der Waals surface area contributed by atoms with Crippen molar-refractivity contribution in [1.29, 1.82) is 0 Å². The van der Waals surface area contributed by atoms with E-state index in [4.69, 9.17) is 0 Å². The highest BCUT2D eigenvalue weighted by molar-refractivity contribution is 5.01. The van der Waals surface area contributed by atoms with Crippen LogP contribution in [0.3, 0.4) is 0 Å². The molecule has 0 aromatic carbocycles. The molecule has 5 atom stereocenters. The maximum absolute atomic E-state index is 11.3. The summed E-state index contributed by atoms with van der Waals surface area (Å²) in [4.78, 5) is 0. The Kier molecular flexibility index (Phi) is 5.41. The summed E-state index contributed by atoms with van der Waals surface area (Å²) in [7, 11) is 0. The Labute approximate surface area is 131 Å². The van der Waals surface area contributed by atoms with Crippen molar-refractivity contribution in [1.82, 2.24) is 0 Å². The van der Waals surface area contributed by atoms with Crippen molar-refractivity contribution in [2.45, 2.75) is 97.7 Å². The van der Waals surface area contributed by atoms with Gasteiger partial charge in [-0.2, -0.15) is 0 Å². The molecular weight excluding hydrogens is 260 g/mol. The van der Waals surface area contributed by atoms with Crippen LogP contribution in [-0.4, -0.2) is 22.4 Å². The van der Waals surface area contributed by atoms with Gasteiger partial charge >= 0.3 is 0 Å². The van der Waals surface area contributed by atoms with Gasteiger partial charge in [-0.1, -0.05) is 40.5 Å². The Morgan fingerprint density at radius 1 is 0.857 bits per heavy atom. The van der Waals surface area contributed by atoms with Crippen LogP contribution in [0, 0.1) is 22.7 Å². The lowest BCUT2D eigenvalue weighted by atomic mass is 9.64. The minimum atomic E-state index is -0.347. The van der Waals surface area contributed by atoms with Crippen molar-refractivity contribution >= 4 is 0 Å². The summed E-state index contributed by atoms with van der Waals surface area (Å²) in [5.41, 5.74) is 0.0113. The van der Waals surface area contributed by atoms with E-state index in [2.05, 4.69) is 27.7 Å². The lowest BCUT2D eigenvalue weighted by Crippen LogP contribution is -2.49. The summed E-state index contributed by atoms with van der Waals surface area (Å²) in [5.74, 6) is 0.600. The van der Waals surface area contributed by atoms with E-state index >= 15 is 0 Å². The van der Waals surface area contributed by atoms with Crippen LogP contribution in [0.1, 0.15) is 85.5 Å². The molecule has 0 heterocycles. The van der Waals surface area contributed by atoms with E-state index in [-0.39, 0.29) is 29.0 Å². The number of aliphatic hydroxyl groups is 2. The second kappa shape index (κ2) is 6.58. The van der Waals surface area contributed by atoms with Gasteiger partial charge in [0.2, 0.25) is 0 Å². The van der Waals surface area contributed by atoms with Crippen LogP contribution in [-0.2, 0) is 0 Å². The fraction of sp³-hybridized carbons (Fsp3) is 1.00. The van der Waals surface area contributed by atoms with E-state index in [0.717, 1.165) is 32.1 Å². The van der Waals surface area contributed by atoms with E-state index in [1.54, 1.807) is 0 Å². The van der Waals surface area contributed by atoms with Gasteiger partial charge in [0.25, 0.3) is 0 Å². The van der Waals surface area contributed by atoms with Gasteiger partial charge in [0.15, 0.2) is 0 Å². The minimum absolute atomic E-state index is 0.0159. The van der Waals surface area contributed by atoms with Crippen molar-refractivity contribution in [2.75, 3.05) is 0 Å². The van der Waals surface area contributed by atoms with Gasteiger partial charge in [-0.3, -0.25) is 0 Å². The number of fused-ring (bicyclic) bond motifs is 1. The van der Waals surface area contributed by atoms with Crippen molar-refractivity contribution in [2.24, 2.45) is 22.7 Å². The van der Waals surface area contributed by atoms with Crippen LogP contribution >= 0.6 is 0 Å². The summed E-state index contributed by atoms with van der Waals surface area (Å²) in [6.07, 6.45) is 9.44. The number of hydrogen-bond acceptors (Lipinski definition) is 2. The Morgan fingerprint density at radius 2 is 1.43 bits per heavy atom. The highest BCUT2D eigenvalue weighted by Crippen LogP contribution is 2.52. The second-order valence-corrected chi connectivity index (χ2v) is 8.09. The molecule has 2 N–H and O–H groups in total. The van der Waals surface area contributed by atoms with Crippen LogP contribution < -0.4 is 0 Å². The number of rotatable bonds is 3. The molecule has 4 unspecified atom stereocenters. The van der Waals surface area contributed by atoms with Crippen molar-refractivity contribution in [3.63, 3.8) is 0 Å². The molecule has 0 spiro atoms. The second-order valence-electron chi connectivity index (χ2n) is 8.09. The highest BCUT2D eigenvalue weighted by Gasteiger charge is 2.51. The van der Waals surface area contributed by atoms with Gasteiger partial charge in [-0.05, 0) is 61.7 Å². The minimum Gasteiger partial charge on any atom is -0.392 e. The topological polar surface area (TPSA) is 40.5 Å². The molecule has 2 rings (SSSR count). The van der Waals surface area contributed by atoms with E-state index < -0.39 is 0 Å². The number of hydrogen-bond donors (Lipinski definition) is 2. The van der Waals surface area contributed by atoms with Crippen LogP contribution in [0.15, 0.2) is 0 Å². The van der Waals surface area contributed by atoms with Crippen LogP contribution in [0.2, 0.25) is 0 Å². The third-order valence-corrected chi connectivity index (χ3v) is 7.40. The first-order chi connectivity index (χ1) is 9.94. The maximum atomic E-state index is 11.3. The molecule has 0 saturated heterocycles. The first kappa shape index (κ1) is 17.3. The maximum Gasteiger partial charge on any atom is 0.0651 e. The lowest BCUT2D eigenvalue weighted by Gasteiger charge is -2.45. The predicted molar refractivity (Wildman–Crippen MR) is 88.1 cm³/mol. The molecule has 0 aliphatic heterocycles. The summed E-state index contributed by atoms with van der Waals surface area (Å²) < 4.78 is 0. The quantitative estimate of drug-likeness (QED) is 0.803. The largest absolute Gasteiger partial charge is 0.392 e. The third kappa shape index (κ3) is 2.91. The Bertz CT molecular complexity index is 336. The smallest absolute Gasteiger partial charge is 0.0651 e. The van der Waals surface area contributed by atoms with Crippen LogP contribution in [0.4, 0.5) is 0 Å². The Balaban J connectivity index is 2.37. The molecule has 2 aliphatic rings. The number of aliphatic hydroxyl groups excluding tert-OH is 2. The Morgan fingerprint density at radius 3 is 1.95 bits per heavy atom. The van der Waals surface area contributed by atoms with E-state index in [0.29, 0.717) is 5.92 Å². The molecule has 2 aliphatic carbocycles. The lowest BCUT2D eigenvalue weighted by molar-refractivity contribution is -0.113. The zero-order valence-electron chi connectivity index (χ0n) is 14.6. The third-order valence-electron chi connectivity index (χ3n) is 7.40. The SMILES string of the molecule is CCC1(CC)CCCC2CCC[C@@](C)(CC)C(O)C2C1O. The van der Waals surface area contributed by atoms with Crippen LogP contribution in [0.25, 0.3) is 0 Å². The fourth-order valence-electron chi connectivity index (χ4n) is 5.28. The molecule has 0 amide bonds. The first-order valence-electron chi connectivity index (χ1n) is 9.30. The summed E-state index contributed by atoms with van der Waals surface area (Å²) in [6.45, 7) is 8.86. The zero-order chi connectivity index (χ0) is 15.7. The van der Waals surface area contributed by atoms with Crippen molar-refractivity contribution in [3.8, 4) is 0 Å². The van der Waals surface area contributed by atoms with Crippen molar-refractivity contribution < 1.29 is 10.2 Å². The van der Waals surface area contributed by atoms with Crippen LogP contribution in [0.5, 0.6) is 0 Å². The highest BCUT2D eigenvalue weighted by atomic mass is 16.3. The van der Waals surface area contributed by atoms with Gasteiger partial charge in [0.1, 0.15) is 0 Å². The summed E-state index contributed by atoms with van der Waals surface area (Å²) >= 11 is 0. The molecule has 2 fully saturated rings. The average Bonchev–Trinajstić information content (AvgIpc) is 2.70. The molecule has 2 nitrogen and oxygen atoms in total. The van der Waals surface area contributed by atoms with E-state index in [1.807, 2.05) is 0 Å². The van der Waals surface area contributed by atoms with Crippen molar-refractivity contribution in [3.05, 3.63) is 0 Å². The van der Waals surface area contributed by atoms with Gasteiger partial charge in [-0.15, -0.1) is 0 Å². The average molecular weight is 296 g/mol. The van der Waals surface area contributed by atoms with Gasteiger partial charge < -0.3 is 10.2 Å². The van der Waals surface area contributed by atoms with Gasteiger partial charge in [0.05, 0.1) is 12.2 Å². The molecule has 21 heavy (non-hydrogen) atoms. The molecule has 0 aromatic heterocycles. The van der Waals surface area contributed by atoms with Gasteiger partial charge in [-0.25, -0.2) is 0 Å². The Hall–Kier alpha value is -0.0800. The molecular formula is C19H36O2. The normalized spacial score (nSPS) is 43.7. The standard InChI is InChI=1S/C19H36O2/c1-5-18(4)12-8-10-14-11-9-13-19(6-2,7-3)17(21)15(14)16(18)20/h14-17,20-21H,5-13H2,1-4H3/t14?,15?,16?,17?,18-/m1/s1. The molecule has 0 radical (unpaired) electrons. The monoisotopic (exact) mass is 296 g/mol. The van der Waals surface area contributed by atoms with E-state index in [1.165, 1.54) is 25.7 Å². The fourth-order valence-corrected chi connectivity index (χ4v) is 5.28. The van der Waals surface area contributed by atoms with Gasteiger partial charge in [0, 0.05) is 5.92 Å². The molecule has 0 aromatic rings.